The van der Waals surface area contributed by atoms with Crippen molar-refractivity contribution in [3.05, 3.63) is 0 Å². The fourth-order valence-corrected chi connectivity index (χ4v) is 10.3. The lowest BCUT2D eigenvalue weighted by Gasteiger charge is -2.49. The van der Waals surface area contributed by atoms with Gasteiger partial charge in [0.05, 0.1) is 6.61 Å². The van der Waals surface area contributed by atoms with Gasteiger partial charge in [-0.05, 0) is 12.8 Å². The second kappa shape index (κ2) is 35.4. The first-order valence-corrected chi connectivity index (χ1v) is 29.9. The van der Waals surface area contributed by atoms with Crippen LogP contribution in [0.5, 0.6) is 0 Å². The summed E-state index contributed by atoms with van der Waals surface area (Å²) in [6, 6.07) is 0. The maximum atomic E-state index is 13.1. The Morgan fingerprint density at radius 1 is 0.448 bits per heavy atom. The third-order valence-electron chi connectivity index (χ3n) is 11.1. The molecule has 0 spiro atoms. The molecule has 11 atom stereocenters. The van der Waals surface area contributed by atoms with Gasteiger partial charge in [-0.3, -0.25) is 27.8 Å². The maximum Gasteiger partial charge on any atom is 0.306 e. The third kappa shape index (κ3) is 33.6. The van der Waals surface area contributed by atoms with E-state index in [-0.39, 0.29) is 12.8 Å². The summed E-state index contributed by atoms with van der Waals surface area (Å²) in [5, 5.41) is 21.6. The summed E-state index contributed by atoms with van der Waals surface area (Å²) in [5.74, 6) is -1.46. The minimum Gasteiger partial charge on any atom is -0.756 e. The summed E-state index contributed by atoms with van der Waals surface area (Å²) in [6.45, 7) is 2.60. The van der Waals surface area contributed by atoms with E-state index < -0.39 is 99.2 Å². The molecule has 0 heterocycles. The fraction of sp³-hybridized carbons (Fsp3) is 0.951. The van der Waals surface area contributed by atoms with Gasteiger partial charge in [-0.15, -0.1) is 0 Å². The zero-order valence-electron chi connectivity index (χ0n) is 39.2. The Labute approximate surface area is 396 Å². The number of carbonyl (C=O) groups is 2. The Balaban J connectivity index is 2.91. The number of hydrogen-bond acceptors (Lipinski definition) is 19. The second-order valence-electron chi connectivity index (χ2n) is 17.2. The molecule has 398 valence electrons. The molecule has 0 saturated heterocycles. The van der Waals surface area contributed by atoms with E-state index in [0.29, 0.717) is 19.3 Å². The number of hydrogen-bond donors (Lipinski definition) is 5. The second-order valence-corrected chi connectivity index (χ2v) is 22.0. The molecule has 0 aromatic carbocycles. The number of aliphatic hydroxyl groups is 2. The van der Waals surface area contributed by atoms with Crippen LogP contribution in [0, 0.1) is 0 Å². The van der Waals surface area contributed by atoms with Gasteiger partial charge < -0.3 is 76.6 Å². The van der Waals surface area contributed by atoms with Crippen LogP contribution in [0.1, 0.15) is 194 Å². The molecule has 0 aliphatic heterocycles. The lowest BCUT2D eigenvalue weighted by Crippen LogP contribution is -2.66. The van der Waals surface area contributed by atoms with Gasteiger partial charge in [-0.25, -0.2) is 0 Å². The summed E-state index contributed by atoms with van der Waals surface area (Å²) in [7, 11) is -24.2. The highest BCUT2D eigenvalue weighted by Crippen LogP contribution is 2.50. The number of esters is 2. The highest BCUT2D eigenvalue weighted by molar-refractivity contribution is 7.46. The molecule has 22 nitrogen and oxygen atoms in total. The average molecular weight is 1050 g/mol. The molecule has 0 aromatic rings. The normalized spacial score (nSPS) is 23.9. The molecule has 0 radical (unpaired) electrons. The summed E-state index contributed by atoms with van der Waals surface area (Å²) >= 11 is 0. The summed E-state index contributed by atoms with van der Waals surface area (Å²) in [5.41, 5.74) is 0. The molecule has 67 heavy (non-hydrogen) atoms. The number of unbranched alkanes of at least 4 members (excludes halogenated alkanes) is 24. The Hall–Kier alpha value is -0.700. The van der Waals surface area contributed by atoms with Crippen molar-refractivity contribution in [2.24, 2.45) is 0 Å². The molecule has 26 heteroatoms. The van der Waals surface area contributed by atoms with E-state index in [9.17, 15) is 72.3 Å². The van der Waals surface area contributed by atoms with Gasteiger partial charge in [0.15, 0.2) is 6.10 Å². The van der Waals surface area contributed by atoms with Crippen LogP contribution in [0.3, 0.4) is 0 Å². The standard InChI is InChI=1S/C41H82O22P4/c1-3-5-7-9-11-13-15-17-19-21-23-25-27-29-34(42)57-31-33(59-35(43)30-28-26-24-22-20-18-16-14-12-10-8-6-4-2)32-58-67(55,56)63-38-36(44)39(60-64(46,47)48)41(62-66(52,53)54)40(37(38)45)61-65(49,50)51/h33,36-41,44-45H,3-32H2,1-2H3,(H,55,56)(H2,46,47,48)(H2,49,50,51)(H2,52,53,54)/p-4/t33-,36+,37+,38?,39-,40+,41?/m1/s1. The topological polar surface area (TPSA) is 360 Å². The number of aliphatic hydroxyl groups excluding tert-OH is 2. The lowest BCUT2D eigenvalue weighted by molar-refractivity contribution is -0.286. The summed E-state index contributed by atoms with van der Waals surface area (Å²) < 4.78 is 80.5. The van der Waals surface area contributed by atoms with Crippen LogP contribution in [0.25, 0.3) is 0 Å². The summed E-state index contributed by atoms with van der Waals surface area (Å²) in [6.07, 6.45) is 9.09. The molecule has 1 rings (SSSR count). The van der Waals surface area contributed by atoms with E-state index >= 15 is 0 Å². The minimum atomic E-state index is -6.08. The minimum absolute atomic E-state index is 0.0163. The van der Waals surface area contributed by atoms with Crippen LogP contribution in [-0.2, 0) is 59.9 Å². The predicted molar refractivity (Wildman–Crippen MR) is 236 cm³/mol. The van der Waals surface area contributed by atoms with E-state index in [1.54, 1.807) is 0 Å². The van der Waals surface area contributed by atoms with Gasteiger partial charge in [-0.2, -0.15) is 0 Å². The molecule has 1 aliphatic rings. The van der Waals surface area contributed by atoms with Crippen molar-refractivity contribution in [3.8, 4) is 0 Å². The van der Waals surface area contributed by atoms with Crippen LogP contribution < -0.4 is 19.6 Å². The third-order valence-corrected chi connectivity index (χ3v) is 13.6. The summed E-state index contributed by atoms with van der Waals surface area (Å²) in [4.78, 5) is 101. The lowest BCUT2D eigenvalue weighted by atomic mass is 9.85. The highest BCUT2D eigenvalue weighted by atomic mass is 31.2. The van der Waals surface area contributed by atoms with Gasteiger partial charge >= 0.3 is 11.9 Å². The number of rotatable bonds is 42. The van der Waals surface area contributed by atoms with Gasteiger partial charge in [0.2, 0.25) is 0 Å². The highest BCUT2D eigenvalue weighted by Gasteiger charge is 2.56. The van der Waals surface area contributed by atoms with E-state index in [2.05, 4.69) is 27.4 Å². The Morgan fingerprint density at radius 2 is 0.761 bits per heavy atom. The molecule has 5 N–H and O–H groups in total. The van der Waals surface area contributed by atoms with Crippen molar-refractivity contribution in [1.82, 2.24) is 0 Å². The Bertz CT molecular complexity index is 1480. The zero-order chi connectivity index (χ0) is 50.4. The quantitative estimate of drug-likeness (QED) is 0.0284. The first kappa shape index (κ1) is 64.3. The number of phosphoric ester groups is 4. The van der Waals surface area contributed by atoms with Crippen LogP contribution in [-0.4, -0.2) is 92.8 Å². The van der Waals surface area contributed by atoms with Crippen molar-refractivity contribution < 1.29 is 104 Å². The van der Waals surface area contributed by atoms with Gasteiger partial charge in [0.1, 0.15) is 43.2 Å². The van der Waals surface area contributed by atoms with Gasteiger partial charge in [-0.1, -0.05) is 168 Å². The molecule has 0 amide bonds. The predicted octanol–water partition coefficient (Wildman–Crippen LogP) is 5.55. The van der Waals surface area contributed by atoms with Crippen LogP contribution in [0.4, 0.5) is 0 Å². The zero-order valence-corrected chi connectivity index (χ0v) is 42.8. The van der Waals surface area contributed by atoms with Crippen LogP contribution in [0.15, 0.2) is 0 Å². The van der Waals surface area contributed by atoms with E-state index in [1.807, 2.05) is 0 Å². The average Bonchev–Trinajstić information content (AvgIpc) is 3.22. The molecular formula is C41H78O22P4-4. The SMILES string of the molecule is CCCCCCCCCCCCCCCC(=O)OC[C@H](COP(=O)([O-])OC1[C@H](O)[C@H](OP(=O)([O-])O)C(OP(=O)([O-])O)[C@H](OP(=O)([O-])O)[C@H]1O)OC(=O)CCCCCCCCCCCCCCC. The van der Waals surface area contributed by atoms with Crippen molar-refractivity contribution in [3.63, 3.8) is 0 Å². The molecule has 1 aliphatic carbocycles. The smallest absolute Gasteiger partial charge is 0.306 e. The first-order chi connectivity index (χ1) is 31.5. The van der Waals surface area contributed by atoms with Gasteiger partial charge in [0, 0.05) is 12.8 Å². The van der Waals surface area contributed by atoms with E-state index in [1.165, 1.54) is 89.9 Å². The maximum absolute atomic E-state index is 13.1. The number of phosphoric acid groups is 4. The molecule has 0 aromatic heterocycles. The molecule has 0 bridgehead atoms. The van der Waals surface area contributed by atoms with Gasteiger partial charge in [0.25, 0.3) is 31.3 Å². The Kier molecular flexibility index (Phi) is 34.0. The van der Waals surface area contributed by atoms with E-state index in [0.717, 1.165) is 57.8 Å². The monoisotopic (exact) mass is 1050 g/mol. The first-order valence-electron chi connectivity index (χ1n) is 24.0. The van der Waals surface area contributed by atoms with Crippen molar-refractivity contribution >= 4 is 43.2 Å². The van der Waals surface area contributed by atoms with Crippen molar-refractivity contribution in [1.29, 1.82) is 0 Å². The molecule has 1 saturated carbocycles. The largest absolute Gasteiger partial charge is 0.756 e. The van der Waals surface area contributed by atoms with Crippen LogP contribution >= 0.6 is 31.3 Å². The van der Waals surface area contributed by atoms with Crippen LogP contribution in [0.2, 0.25) is 0 Å². The molecule has 1 fully saturated rings. The van der Waals surface area contributed by atoms with Crippen molar-refractivity contribution in [2.75, 3.05) is 13.2 Å². The molecular weight excluding hydrogens is 968 g/mol. The van der Waals surface area contributed by atoms with E-state index in [4.69, 9.17) is 18.5 Å². The van der Waals surface area contributed by atoms with Crippen molar-refractivity contribution in [2.45, 2.75) is 236 Å². The Morgan fingerprint density at radius 3 is 1.10 bits per heavy atom. The number of carbonyl (C=O) groups excluding carboxylic acids is 2. The fourth-order valence-electron chi connectivity index (χ4n) is 7.65. The molecule has 6 unspecified atom stereocenters. The number of ether oxygens (including phenoxy) is 2.